The van der Waals surface area contributed by atoms with E-state index in [4.69, 9.17) is 5.73 Å². The molecule has 0 radical (unpaired) electrons. The molecule has 112 valence electrons. The predicted octanol–water partition coefficient (Wildman–Crippen LogP) is 2.71. The van der Waals surface area contributed by atoms with E-state index >= 15 is 0 Å². The summed E-state index contributed by atoms with van der Waals surface area (Å²) < 4.78 is 0. The minimum absolute atomic E-state index is 0.197. The fraction of sp³-hybridized carbons (Fsp3) is 0.353. The highest BCUT2D eigenvalue weighted by Gasteiger charge is 2.12. The smallest absolute Gasteiger partial charge is 0.222 e. The van der Waals surface area contributed by atoms with Gasteiger partial charge in [0.1, 0.15) is 0 Å². The zero-order chi connectivity index (χ0) is 14.9. The van der Waals surface area contributed by atoms with Crippen LogP contribution in [0.4, 0.5) is 0 Å². The number of hydrogen-bond acceptors (Lipinski definition) is 3. The Hall–Kier alpha value is -1.65. The van der Waals surface area contributed by atoms with E-state index in [1.165, 1.54) is 11.1 Å². The largest absolute Gasteiger partial charge is 0.341 e. The lowest BCUT2D eigenvalue weighted by molar-refractivity contribution is -0.131. The first-order valence-electron chi connectivity index (χ1n) is 7.32. The fourth-order valence-corrected chi connectivity index (χ4v) is 2.97. The molecule has 0 aliphatic carbocycles. The lowest BCUT2D eigenvalue weighted by Gasteiger charge is -2.22. The van der Waals surface area contributed by atoms with Gasteiger partial charge in [-0.25, -0.2) is 0 Å². The van der Waals surface area contributed by atoms with E-state index in [1.807, 2.05) is 28.5 Å². The van der Waals surface area contributed by atoms with Crippen molar-refractivity contribution in [1.29, 1.82) is 0 Å². The molecule has 4 heteroatoms. The van der Waals surface area contributed by atoms with Gasteiger partial charge >= 0.3 is 0 Å². The Bertz CT molecular complexity index is 525. The van der Waals surface area contributed by atoms with Gasteiger partial charge in [-0.05, 0) is 40.8 Å². The van der Waals surface area contributed by atoms with E-state index in [9.17, 15) is 4.79 Å². The van der Waals surface area contributed by atoms with E-state index < -0.39 is 0 Å². The zero-order valence-corrected chi connectivity index (χ0v) is 13.0. The number of hydrogen-bond donors (Lipinski definition) is 1. The lowest BCUT2D eigenvalue weighted by Crippen LogP contribution is -2.37. The molecule has 3 nitrogen and oxygen atoms in total. The van der Waals surface area contributed by atoms with Crippen LogP contribution in [0.3, 0.4) is 0 Å². The molecule has 2 rings (SSSR count). The van der Waals surface area contributed by atoms with Gasteiger partial charge in [0.15, 0.2) is 0 Å². The third-order valence-electron chi connectivity index (χ3n) is 3.47. The molecule has 1 heterocycles. The highest BCUT2D eigenvalue weighted by atomic mass is 32.1. The lowest BCUT2D eigenvalue weighted by atomic mass is 10.1. The van der Waals surface area contributed by atoms with Gasteiger partial charge in [0, 0.05) is 26.1 Å². The fourth-order valence-electron chi connectivity index (χ4n) is 2.27. The molecule has 0 aliphatic rings. The molecule has 1 amide bonds. The van der Waals surface area contributed by atoms with Crippen LogP contribution in [0.15, 0.2) is 47.2 Å². The van der Waals surface area contributed by atoms with Gasteiger partial charge in [0.05, 0.1) is 0 Å². The van der Waals surface area contributed by atoms with Crippen LogP contribution in [0.2, 0.25) is 0 Å². The molecule has 0 atom stereocenters. The maximum atomic E-state index is 12.3. The molecule has 0 saturated carbocycles. The van der Waals surface area contributed by atoms with Crippen LogP contribution in [0, 0.1) is 0 Å². The van der Waals surface area contributed by atoms with E-state index in [2.05, 4.69) is 23.6 Å². The Labute approximate surface area is 130 Å². The molecule has 0 bridgehead atoms. The van der Waals surface area contributed by atoms with Gasteiger partial charge in [-0.1, -0.05) is 30.3 Å². The van der Waals surface area contributed by atoms with Gasteiger partial charge in [-0.3, -0.25) is 4.79 Å². The van der Waals surface area contributed by atoms with Crippen LogP contribution in [0.25, 0.3) is 0 Å². The minimum atomic E-state index is 0.197. The highest BCUT2D eigenvalue weighted by Crippen LogP contribution is 2.10. The molecule has 0 aliphatic heterocycles. The van der Waals surface area contributed by atoms with Gasteiger partial charge in [0.25, 0.3) is 0 Å². The number of benzene rings is 1. The number of thiophene rings is 1. The first-order valence-corrected chi connectivity index (χ1v) is 8.26. The Balaban J connectivity index is 1.83. The van der Waals surface area contributed by atoms with Gasteiger partial charge < -0.3 is 10.6 Å². The number of rotatable bonds is 8. The van der Waals surface area contributed by atoms with Gasteiger partial charge in [-0.15, -0.1) is 0 Å². The molecule has 0 saturated heterocycles. The van der Waals surface area contributed by atoms with Crippen molar-refractivity contribution in [3.05, 3.63) is 58.3 Å². The van der Waals surface area contributed by atoms with E-state index in [0.29, 0.717) is 19.5 Å². The third-order valence-corrected chi connectivity index (χ3v) is 4.20. The van der Waals surface area contributed by atoms with Crippen molar-refractivity contribution in [2.45, 2.75) is 19.3 Å². The minimum Gasteiger partial charge on any atom is -0.341 e. The summed E-state index contributed by atoms with van der Waals surface area (Å²) in [6.45, 7) is 1.89. The first-order chi connectivity index (χ1) is 10.3. The predicted molar refractivity (Wildman–Crippen MR) is 88.4 cm³/mol. The average molecular weight is 302 g/mol. The van der Waals surface area contributed by atoms with Gasteiger partial charge in [0.2, 0.25) is 5.91 Å². The topological polar surface area (TPSA) is 46.3 Å². The Kier molecular flexibility index (Phi) is 6.44. The summed E-state index contributed by atoms with van der Waals surface area (Å²) in [5, 5.41) is 4.15. The molecule has 2 aromatic rings. The second-order valence-electron chi connectivity index (χ2n) is 5.04. The maximum absolute atomic E-state index is 12.3. The summed E-state index contributed by atoms with van der Waals surface area (Å²) in [5.41, 5.74) is 8.13. The van der Waals surface area contributed by atoms with Crippen LogP contribution in [0.5, 0.6) is 0 Å². The molecular formula is C17H22N2OS. The molecule has 0 spiro atoms. The highest BCUT2D eigenvalue weighted by molar-refractivity contribution is 7.07. The monoisotopic (exact) mass is 302 g/mol. The Morgan fingerprint density at radius 2 is 1.86 bits per heavy atom. The number of carbonyl (C=O) groups excluding carboxylic acids is 1. The summed E-state index contributed by atoms with van der Waals surface area (Å²) in [5.74, 6) is 0.197. The van der Waals surface area contributed by atoms with Crippen LogP contribution >= 0.6 is 11.3 Å². The molecule has 2 N–H and O–H groups in total. The van der Waals surface area contributed by atoms with E-state index in [1.54, 1.807) is 11.3 Å². The molecule has 0 unspecified atom stereocenters. The van der Waals surface area contributed by atoms with Crippen molar-refractivity contribution in [2.24, 2.45) is 5.73 Å². The number of nitrogens with two attached hydrogens (primary N) is 1. The Morgan fingerprint density at radius 3 is 2.52 bits per heavy atom. The van der Waals surface area contributed by atoms with E-state index in [0.717, 1.165) is 19.4 Å². The van der Waals surface area contributed by atoms with Crippen molar-refractivity contribution in [3.8, 4) is 0 Å². The van der Waals surface area contributed by atoms with E-state index in [-0.39, 0.29) is 5.91 Å². The summed E-state index contributed by atoms with van der Waals surface area (Å²) in [4.78, 5) is 14.2. The second kappa shape index (κ2) is 8.60. The normalized spacial score (nSPS) is 10.5. The van der Waals surface area contributed by atoms with Crippen LogP contribution in [0.1, 0.15) is 17.5 Å². The number of nitrogens with zero attached hydrogens (tertiary/aromatic N) is 1. The number of amides is 1. The summed E-state index contributed by atoms with van der Waals surface area (Å²) in [6.07, 6.45) is 2.26. The van der Waals surface area contributed by atoms with Crippen LogP contribution < -0.4 is 5.73 Å². The number of aryl methyl sites for hydroxylation is 1. The number of carbonyl (C=O) groups is 1. The zero-order valence-electron chi connectivity index (χ0n) is 12.2. The standard InChI is InChI=1S/C17H22N2OS/c18-10-12-19(11-8-15-4-2-1-3-5-15)17(20)7-6-16-9-13-21-14-16/h1-5,9,13-14H,6-8,10-12,18H2. The molecular weight excluding hydrogens is 280 g/mol. The van der Waals surface area contributed by atoms with Crippen molar-refractivity contribution in [3.63, 3.8) is 0 Å². The molecule has 1 aromatic heterocycles. The van der Waals surface area contributed by atoms with Crippen molar-refractivity contribution in [1.82, 2.24) is 4.90 Å². The molecule has 0 fully saturated rings. The maximum Gasteiger partial charge on any atom is 0.222 e. The SMILES string of the molecule is NCCN(CCc1ccccc1)C(=O)CCc1ccsc1. The first kappa shape index (κ1) is 15.7. The van der Waals surface area contributed by atoms with Crippen molar-refractivity contribution >= 4 is 17.2 Å². The summed E-state index contributed by atoms with van der Waals surface area (Å²) >= 11 is 1.67. The quantitative estimate of drug-likeness (QED) is 0.815. The average Bonchev–Trinajstić information content (AvgIpc) is 3.03. The van der Waals surface area contributed by atoms with Crippen molar-refractivity contribution in [2.75, 3.05) is 19.6 Å². The van der Waals surface area contributed by atoms with Crippen molar-refractivity contribution < 1.29 is 4.79 Å². The molecule has 21 heavy (non-hydrogen) atoms. The van der Waals surface area contributed by atoms with Crippen LogP contribution in [-0.2, 0) is 17.6 Å². The summed E-state index contributed by atoms with van der Waals surface area (Å²) in [7, 11) is 0. The third kappa shape index (κ3) is 5.33. The second-order valence-corrected chi connectivity index (χ2v) is 5.82. The molecule has 1 aromatic carbocycles. The van der Waals surface area contributed by atoms with Crippen LogP contribution in [-0.4, -0.2) is 30.4 Å². The van der Waals surface area contributed by atoms with Gasteiger partial charge in [-0.2, -0.15) is 11.3 Å². The summed E-state index contributed by atoms with van der Waals surface area (Å²) in [6, 6.07) is 12.3. The Morgan fingerprint density at radius 1 is 1.05 bits per heavy atom.